The molecule has 3 rings (SSSR count). The Hall–Kier alpha value is -3.22. The molecule has 32 heavy (non-hydrogen) atoms. The molecule has 0 bridgehead atoms. The van der Waals surface area contributed by atoms with Crippen molar-refractivity contribution in [1.82, 2.24) is 4.90 Å². The number of benzene rings is 1. The highest BCUT2D eigenvalue weighted by atomic mass is 19.1. The molecule has 6 nitrogen and oxygen atoms in total. The second kappa shape index (κ2) is 9.94. The number of carbonyl (C=O) groups is 2. The predicted octanol–water partition coefficient (Wildman–Crippen LogP) is 4.94. The number of aldehydes is 1. The highest BCUT2D eigenvalue weighted by Gasteiger charge is 2.33. The van der Waals surface area contributed by atoms with Gasteiger partial charge in [0.2, 0.25) is 0 Å². The number of carbonyl (C=O) groups excluding carboxylic acids is 1. The molecule has 1 heterocycles. The van der Waals surface area contributed by atoms with E-state index in [1.165, 1.54) is 6.07 Å². The number of carboxylic acids is 1. The quantitative estimate of drug-likeness (QED) is 0.587. The van der Waals surface area contributed by atoms with Gasteiger partial charge in [-0.1, -0.05) is 39.0 Å². The van der Waals surface area contributed by atoms with Gasteiger partial charge in [-0.05, 0) is 49.2 Å². The SMILES string of the molecule is C=C(C1CCCC(C(=O)O)C1)N1C=CN=C(N)/C1=C(\c1ccc(C=O)cc1F)[C@H](C)CC. The zero-order chi connectivity index (χ0) is 23.4. The van der Waals surface area contributed by atoms with Crippen LogP contribution >= 0.6 is 0 Å². The van der Waals surface area contributed by atoms with Gasteiger partial charge in [0.25, 0.3) is 0 Å². The molecule has 1 aliphatic carbocycles. The van der Waals surface area contributed by atoms with E-state index in [9.17, 15) is 14.7 Å². The molecule has 1 aromatic carbocycles. The first-order valence-corrected chi connectivity index (χ1v) is 11.0. The van der Waals surface area contributed by atoms with Crippen LogP contribution in [0, 0.1) is 23.6 Å². The molecule has 3 atom stereocenters. The fraction of sp³-hybridized carbons (Fsp3) is 0.400. The largest absolute Gasteiger partial charge is 0.481 e. The van der Waals surface area contributed by atoms with Gasteiger partial charge in [0, 0.05) is 29.2 Å². The molecule has 2 aliphatic rings. The molecule has 1 aromatic rings. The normalized spacial score (nSPS) is 23.3. The fourth-order valence-electron chi connectivity index (χ4n) is 4.51. The number of aliphatic carboxylic acids is 1. The molecule has 2 unspecified atom stereocenters. The second-order valence-electron chi connectivity index (χ2n) is 8.50. The number of carboxylic acid groups (broad SMARTS) is 1. The number of halogens is 1. The third-order valence-electron chi connectivity index (χ3n) is 6.50. The van der Waals surface area contributed by atoms with Crippen molar-refractivity contribution in [2.75, 3.05) is 0 Å². The van der Waals surface area contributed by atoms with Gasteiger partial charge in [0.05, 0.1) is 11.6 Å². The van der Waals surface area contributed by atoms with Gasteiger partial charge in [-0.2, -0.15) is 0 Å². The van der Waals surface area contributed by atoms with E-state index in [0.29, 0.717) is 36.0 Å². The Morgan fingerprint density at radius 2 is 2.12 bits per heavy atom. The summed E-state index contributed by atoms with van der Waals surface area (Å²) in [6, 6.07) is 4.40. The number of hydrogen-bond acceptors (Lipinski definition) is 5. The van der Waals surface area contributed by atoms with Gasteiger partial charge >= 0.3 is 5.97 Å². The number of aliphatic imine (C=N–C) groups is 1. The zero-order valence-corrected chi connectivity index (χ0v) is 18.6. The maximum absolute atomic E-state index is 15.1. The Labute approximate surface area is 188 Å². The lowest BCUT2D eigenvalue weighted by Gasteiger charge is -2.37. The molecule has 0 amide bonds. The predicted molar refractivity (Wildman–Crippen MR) is 123 cm³/mol. The van der Waals surface area contributed by atoms with E-state index >= 15 is 4.39 Å². The summed E-state index contributed by atoms with van der Waals surface area (Å²) in [6.45, 7) is 8.28. The molecular formula is C25H30FN3O3. The summed E-state index contributed by atoms with van der Waals surface area (Å²) < 4.78 is 15.1. The van der Waals surface area contributed by atoms with Crippen LogP contribution in [0.3, 0.4) is 0 Å². The lowest BCUT2D eigenvalue weighted by molar-refractivity contribution is -0.143. The zero-order valence-electron chi connectivity index (χ0n) is 18.6. The van der Waals surface area contributed by atoms with E-state index < -0.39 is 17.7 Å². The number of amidine groups is 1. The van der Waals surface area contributed by atoms with E-state index in [1.807, 2.05) is 18.7 Å². The van der Waals surface area contributed by atoms with Gasteiger partial charge < -0.3 is 15.7 Å². The van der Waals surface area contributed by atoms with Crippen LogP contribution in [0.5, 0.6) is 0 Å². The van der Waals surface area contributed by atoms with E-state index in [2.05, 4.69) is 11.6 Å². The summed E-state index contributed by atoms with van der Waals surface area (Å²) in [5.41, 5.74) is 8.92. The van der Waals surface area contributed by atoms with E-state index in [0.717, 1.165) is 25.0 Å². The number of allylic oxidation sites excluding steroid dienone is 2. The lowest BCUT2D eigenvalue weighted by Crippen LogP contribution is -2.35. The Morgan fingerprint density at radius 3 is 2.75 bits per heavy atom. The second-order valence-corrected chi connectivity index (χ2v) is 8.50. The van der Waals surface area contributed by atoms with Crippen molar-refractivity contribution >= 4 is 23.7 Å². The van der Waals surface area contributed by atoms with Gasteiger partial charge in [0.1, 0.15) is 17.9 Å². The summed E-state index contributed by atoms with van der Waals surface area (Å²) in [6.07, 6.45) is 7.46. The number of rotatable bonds is 7. The third kappa shape index (κ3) is 4.66. The van der Waals surface area contributed by atoms with Crippen molar-refractivity contribution in [1.29, 1.82) is 0 Å². The topological polar surface area (TPSA) is 96.0 Å². The molecule has 1 aliphatic heterocycles. The summed E-state index contributed by atoms with van der Waals surface area (Å²) in [5.74, 6) is -1.54. The molecule has 1 fully saturated rings. The third-order valence-corrected chi connectivity index (χ3v) is 6.50. The van der Waals surface area contributed by atoms with Crippen LogP contribution < -0.4 is 5.73 Å². The van der Waals surface area contributed by atoms with Crippen molar-refractivity contribution in [3.63, 3.8) is 0 Å². The maximum atomic E-state index is 15.1. The number of nitrogens with zero attached hydrogens (tertiary/aromatic N) is 2. The highest BCUT2D eigenvalue weighted by Crippen LogP contribution is 2.40. The van der Waals surface area contributed by atoms with Crippen molar-refractivity contribution in [3.8, 4) is 0 Å². The fourth-order valence-corrected chi connectivity index (χ4v) is 4.51. The minimum atomic E-state index is -0.786. The first-order valence-electron chi connectivity index (χ1n) is 11.0. The molecule has 0 radical (unpaired) electrons. The van der Waals surface area contributed by atoms with Crippen LogP contribution in [0.4, 0.5) is 4.39 Å². The minimum absolute atomic E-state index is 0.0316. The van der Waals surface area contributed by atoms with Crippen LogP contribution in [-0.2, 0) is 4.79 Å². The van der Waals surface area contributed by atoms with Gasteiger partial charge in [-0.25, -0.2) is 9.38 Å². The molecule has 3 N–H and O–H groups in total. The summed E-state index contributed by atoms with van der Waals surface area (Å²) in [5, 5.41) is 9.48. The van der Waals surface area contributed by atoms with Crippen LogP contribution in [0.25, 0.3) is 5.57 Å². The summed E-state index contributed by atoms with van der Waals surface area (Å²) in [4.78, 5) is 28.7. The first kappa shape index (κ1) is 23.4. The van der Waals surface area contributed by atoms with Gasteiger partial charge in [0.15, 0.2) is 0 Å². The average molecular weight is 440 g/mol. The van der Waals surface area contributed by atoms with E-state index in [-0.39, 0.29) is 23.2 Å². The minimum Gasteiger partial charge on any atom is -0.481 e. The van der Waals surface area contributed by atoms with E-state index in [4.69, 9.17) is 5.73 Å². The lowest BCUT2D eigenvalue weighted by atomic mass is 9.79. The summed E-state index contributed by atoms with van der Waals surface area (Å²) >= 11 is 0. The molecular weight excluding hydrogens is 409 g/mol. The highest BCUT2D eigenvalue weighted by molar-refractivity contribution is 6.05. The Bertz CT molecular complexity index is 1010. The van der Waals surface area contributed by atoms with Crippen molar-refractivity contribution in [2.45, 2.75) is 46.0 Å². The van der Waals surface area contributed by atoms with Crippen LogP contribution in [0.2, 0.25) is 0 Å². The van der Waals surface area contributed by atoms with Crippen LogP contribution in [0.15, 0.2) is 53.6 Å². The molecule has 0 saturated heterocycles. The molecule has 1 saturated carbocycles. The van der Waals surface area contributed by atoms with Crippen LogP contribution in [-0.4, -0.2) is 28.1 Å². The molecule has 170 valence electrons. The Kier molecular flexibility index (Phi) is 7.28. The standard InChI is InChI=1S/C25H30FN3O3/c1-4-15(2)22(20-9-8-17(14-30)12-21(20)26)23-24(27)28-10-11-29(23)16(3)18-6-5-7-19(13-18)25(31)32/h8-12,14-15,18-19H,3-7,13H2,1-2H3,(H2,27,28)(H,31,32)/b23-22+/t15-,18?,19?/m1/s1. The maximum Gasteiger partial charge on any atom is 0.306 e. The monoisotopic (exact) mass is 439 g/mol. The molecule has 0 spiro atoms. The first-order chi connectivity index (χ1) is 15.3. The average Bonchev–Trinajstić information content (AvgIpc) is 2.80. The van der Waals surface area contributed by atoms with Gasteiger partial charge in [-0.15, -0.1) is 0 Å². The van der Waals surface area contributed by atoms with Crippen molar-refractivity contribution < 1.29 is 19.1 Å². The number of hydrogen-bond donors (Lipinski definition) is 2. The smallest absolute Gasteiger partial charge is 0.306 e. The van der Waals surface area contributed by atoms with Crippen LogP contribution in [0.1, 0.15) is 61.9 Å². The number of nitrogens with two attached hydrogens (primary N) is 1. The molecule has 7 heteroatoms. The van der Waals surface area contributed by atoms with Gasteiger partial charge in [-0.3, -0.25) is 9.59 Å². The van der Waals surface area contributed by atoms with Crippen molar-refractivity contribution in [2.24, 2.45) is 28.5 Å². The Morgan fingerprint density at radius 1 is 1.41 bits per heavy atom. The summed E-state index contributed by atoms with van der Waals surface area (Å²) in [7, 11) is 0. The van der Waals surface area contributed by atoms with Crippen molar-refractivity contribution in [3.05, 3.63) is 65.5 Å². The van der Waals surface area contributed by atoms with E-state index in [1.54, 1.807) is 24.5 Å². The Balaban J connectivity index is 2.11. The molecule has 0 aromatic heterocycles.